The van der Waals surface area contributed by atoms with Crippen molar-refractivity contribution in [3.8, 4) is 0 Å². The van der Waals surface area contributed by atoms with E-state index in [0.29, 0.717) is 19.0 Å². The number of furan rings is 1. The monoisotopic (exact) mass is 347 g/mol. The highest BCUT2D eigenvalue weighted by Gasteiger charge is 2.18. The smallest absolute Gasteiger partial charge is 0.314 e. The number of rotatable bonds is 8. The maximum Gasteiger partial charge on any atom is 0.314 e. The number of urea groups is 1. The SMILES string of the molecule is Cc1cc(C)n(C[C@H](C)CNC(=O)NC[C@H](c2ccco2)N(C)C)n1. The van der Waals surface area contributed by atoms with Gasteiger partial charge in [0.25, 0.3) is 0 Å². The number of nitrogens with zero attached hydrogens (tertiary/aromatic N) is 3. The molecule has 2 aromatic heterocycles. The van der Waals surface area contributed by atoms with Crippen LogP contribution in [0.4, 0.5) is 4.79 Å². The molecule has 0 aliphatic carbocycles. The molecule has 0 aliphatic rings. The normalized spacial score (nSPS) is 13.7. The van der Waals surface area contributed by atoms with Gasteiger partial charge < -0.3 is 15.1 Å². The third-order valence-corrected chi connectivity index (χ3v) is 4.15. The Labute approximate surface area is 149 Å². The van der Waals surface area contributed by atoms with Crippen molar-refractivity contribution in [1.29, 1.82) is 0 Å². The number of carbonyl (C=O) groups is 1. The van der Waals surface area contributed by atoms with Gasteiger partial charge in [-0.1, -0.05) is 6.92 Å². The highest BCUT2D eigenvalue weighted by atomic mass is 16.3. The Morgan fingerprint density at radius 2 is 2.04 bits per heavy atom. The maximum absolute atomic E-state index is 12.1. The first-order valence-corrected chi connectivity index (χ1v) is 8.59. The van der Waals surface area contributed by atoms with Gasteiger partial charge in [0.15, 0.2) is 0 Å². The second kappa shape index (κ2) is 8.71. The van der Waals surface area contributed by atoms with Gasteiger partial charge in [-0.15, -0.1) is 0 Å². The van der Waals surface area contributed by atoms with Crippen LogP contribution in [0.15, 0.2) is 28.9 Å². The maximum atomic E-state index is 12.1. The molecule has 0 spiro atoms. The van der Waals surface area contributed by atoms with Crippen molar-refractivity contribution in [2.45, 2.75) is 33.4 Å². The van der Waals surface area contributed by atoms with Crippen LogP contribution in [-0.2, 0) is 6.54 Å². The van der Waals surface area contributed by atoms with E-state index in [2.05, 4.69) is 28.7 Å². The second-order valence-electron chi connectivity index (χ2n) is 6.80. The molecule has 0 radical (unpaired) electrons. The molecule has 2 amide bonds. The zero-order chi connectivity index (χ0) is 18.4. The van der Waals surface area contributed by atoms with Gasteiger partial charge >= 0.3 is 6.03 Å². The Morgan fingerprint density at radius 3 is 2.60 bits per heavy atom. The van der Waals surface area contributed by atoms with E-state index in [-0.39, 0.29) is 12.1 Å². The summed E-state index contributed by atoms with van der Waals surface area (Å²) in [5, 5.41) is 10.3. The highest BCUT2D eigenvalue weighted by molar-refractivity contribution is 5.73. The lowest BCUT2D eigenvalue weighted by Gasteiger charge is -2.23. The van der Waals surface area contributed by atoms with E-state index >= 15 is 0 Å². The molecule has 25 heavy (non-hydrogen) atoms. The molecule has 2 N–H and O–H groups in total. The molecule has 2 heterocycles. The third kappa shape index (κ3) is 5.63. The van der Waals surface area contributed by atoms with Crippen LogP contribution < -0.4 is 10.6 Å². The summed E-state index contributed by atoms with van der Waals surface area (Å²) < 4.78 is 7.43. The number of hydrogen-bond donors (Lipinski definition) is 2. The molecule has 0 saturated heterocycles. The minimum absolute atomic E-state index is 0.00729. The van der Waals surface area contributed by atoms with Crippen molar-refractivity contribution in [2.75, 3.05) is 27.2 Å². The zero-order valence-electron chi connectivity index (χ0n) is 15.7. The van der Waals surface area contributed by atoms with Crippen LogP contribution in [0.5, 0.6) is 0 Å². The standard InChI is InChI=1S/C18H29N5O2/c1-13(12-23-15(3)9-14(2)21-23)10-19-18(24)20-11-16(22(4)5)17-7-6-8-25-17/h6-9,13,16H,10-12H2,1-5H3,(H2,19,20,24)/t13-,16-/m1/s1. The number of amides is 2. The summed E-state index contributed by atoms with van der Waals surface area (Å²) in [7, 11) is 3.92. The van der Waals surface area contributed by atoms with Gasteiger partial charge in [-0.05, 0) is 52.1 Å². The zero-order valence-corrected chi connectivity index (χ0v) is 15.7. The Bertz CT molecular complexity index is 663. The van der Waals surface area contributed by atoms with Crippen LogP contribution >= 0.6 is 0 Å². The van der Waals surface area contributed by atoms with Gasteiger partial charge in [-0.3, -0.25) is 9.58 Å². The molecule has 0 aliphatic heterocycles. The molecular weight excluding hydrogens is 318 g/mol. The predicted molar refractivity (Wildman–Crippen MR) is 97.4 cm³/mol. The van der Waals surface area contributed by atoms with Crippen LogP contribution in [0.1, 0.15) is 30.1 Å². The predicted octanol–water partition coefficient (Wildman–Crippen LogP) is 2.33. The van der Waals surface area contributed by atoms with Gasteiger partial charge in [0.1, 0.15) is 5.76 Å². The topological polar surface area (TPSA) is 75.3 Å². The Balaban J connectivity index is 1.75. The Morgan fingerprint density at radius 1 is 1.32 bits per heavy atom. The summed E-state index contributed by atoms with van der Waals surface area (Å²) in [4.78, 5) is 14.1. The van der Waals surface area contributed by atoms with Crippen molar-refractivity contribution >= 4 is 6.03 Å². The summed E-state index contributed by atoms with van der Waals surface area (Å²) in [6, 6.07) is 5.67. The summed E-state index contributed by atoms with van der Waals surface area (Å²) in [6.45, 7) is 7.99. The lowest BCUT2D eigenvalue weighted by Crippen LogP contribution is -2.42. The lowest BCUT2D eigenvalue weighted by molar-refractivity contribution is 0.223. The third-order valence-electron chi connectivity index (χ3n) is 4.15. The van der Waals surface area contributed by atoms with Crippen molar-refractivity contribution in [3.63, 3.8) is 0 Å². The number of hydrogen-bond acceptors (Lipinski definition) is 4. The molecule has 7 nitrogen and oxygen atoms in total. The fourth-order valence-corrected chi connectivity index (χ4v) is 2.76. The average Bonchev–Trinajstić information content (AvgIpc) is 3.15. The largest absolute Gasteiger partial charge is 0.468 e. The molecule has 2 aromatic rings. The second-order valence-corrected chi connectivity index (χ2v) is 6.80. The number of carbonyl (C=O) groups excluding carboxylic acids is 1. The number of nitrogens with one attached hydrogen (secondary N) is 2. The van der Waals surface area contributed by atoms with Gasteiger partial charge in [-0.2, -0.15) is 5.10 Å². The van der Waals surface area contributed by atoms with Crippen LogP contribution in [0.3, 0.4) is 0 Å². The van der Waals surface area contributed by atoms with Gasteiger partial charge in [-0.25, -0.2) is 4.79 Å². The minimum Gasteiger partial charge on any atom is -0.468 e. The van der Waals surface area contributed by atoms with E-state index < -0.39 is 0 Å². The van der Waals surface area contributed by atoms with Gasteiger partial charge in [0.2, 0.25) is 0 Å². The molecule has 2 rings (SSSR count). The Hall–Kier alpha value is -2.28. The summed E-state index contributed by atoms with van der Waals surface area (Å²) in [6.07, 6.45) is 1.65. The molecule has 0 fully saturated rings. The number of aryl methyl sites for hydroxylation is 2. The van der Waals surface area contributed by atoms with Crippen LogP contribution in [0.2, 0.25) is 0 Å². The fraction of sp³-hybridized carbons (Fsp3) is 0.556. The van der Waals surface area contributed by atoms with Gasteiger partial charge in [0.05, 0.1) is 18.0 Å². The minimum atomic E-state index is -0.168. The first-order chi connectivity index (χ1) is 11.9. The average molecular weight is 347 g/mol. The van der Waals surface area contributed by atoms with E-state index in [1.165, 1.54) is 0 Å². The lowest BCUT2D eigenvalue weighted by atomic mass is 10.2. The highest BCUT2D eigenvalue weighted by Crippen LogP contribution is 2.17. The summed E-state index contributed by atoms with van der Waals surface area (Å²) >= 11 is 0. The van der Waals surface area contributed by atoms with Crippen LogP contribution in [0, 0.1) is 19.8 Å². The first-order valence-electron chi connectivity index (χ1n) is 8.59. The molecule has 138 valence electrons. The van der Waals surface area contributed by atoms with Crippen LogP contribution in [0.25, 0.3) is 0 Å². The Kier molecular flexibility index (Phi) is 6.64. The van der Waals surface area contributed by atoms with Crippen molar-refractivity contribution in [3.05, 3.63) is 41.6 Å². The molecule has 0 aromatic carbocycles. The molecule has 0 bridgehead atoms. The molecule has 0 saturated carbocycles. The molecule has 2 atom stereocenters. The van der Waals surface area contributed by atoms with Crippen molar-refractivity contribution in [1.82, 2.24) is 25.3 Å². The van der Waals surface area contributed by atoms with E-state index in [0.717, 1.165) is 23.7 Å². The molecular formula is C18H29N5O2. The first kappa shape index (κ1) is 19.1. The van der Waals surface area contributed by atoms with Crippen molar-refractivity contribution in [2.24, 2.45) is 5.92 Å². The summed E-state index contributed by atoms with van der Waals surface area (Å²) in [5.74, 6) is 1.13. The van der Waals surface area contributed by atoms with E-state index in [9.17, 15) is 4.79 Å². The van der Waals surface area contributed by atoms with E-state index in [1.807, 2.05) is 49.7 Å². The fourth-order valence-electron chi connectivity index (χ4n) is 2.76. The summed E-state index contributed by atoms with van der Waals surface area (Å²) in [5.41, 5.74) is 2.16. The van der Waals surface area contributed by atoms with E-state index in [4.69, 9.17) is 4.42 Å². The quantitative estimate of drug-likeness (QED) is 0.768. The van der Waals surface area contributed by atoms with E-state index in [1.54, 1.807) is 6.26 Å². The van der Waals surface area contributed by atoms with Crippen LogP contribution in [-0.4, -0.2) is 47.9 Å². The molecule has 7 heteroatoms. The van der Waals surface area contributed by atoms with Crippen molar-refractivity contribution < 1.29 is 9.21 Å². The molecule has 0 unspecified atom stereocenters. The number of aromatic nitrogens is 2. The number of likely N-dealkylation sites (N-methyl/N-ethyl adjacent to an activating group) is 1. The van der Waals surface area contributed by atoms with Gasteiger partial charge in [0, 0.05) is 25.3 Å².